The molecule has 0 radical (unpaired) electrons. The van der Waals surface area contributed by atoms with E-state index in [-0.39, 0.29) is 12.4 Å². The minimum atomic E-state index is -0.449. The first-order valence-electron chi connectivity index (χ1n) is 6.46. The Morgan fingerprint density at radius 1 is 1.35 bits per heavy atom. The lowest BCUT2D eigenvalue weighted by Crippen LogP contribution is -2.17. The summed E-state index contributed by atoms with van der Waals surface area (Å²) in [6.07, 6.45) is 0. The number of amidine groups is 1. The van der Waals surface area contributed by atoms with E-state index in [4.69, 9.17) is 20.4 Å². The molecule has 0 unspecified atom stereocenters. The number of rotatable bonds is 8. The van der Waals surface area contributed by atoms with Gasteiger partial charge in [0.2, 0.25) is 0 Å². The normalized spacial score (nSPS) is 12.1. The summed E-state index contributed by atoms with van der Waals surface area (Å²) in [6.45, 7) is 6.01. The molecular weight excluding hydrogens is 263 g/mol. The number of benzene rings is 1. The first-order valence-corrected chi connectivity index (χ1v) is 6.46. The van der Waals surface area contributed by atoms with E-state index >= 15 is 0 Å². The van der Waals surface area contributed by atoms with Crippen LogP contribution < -0.4 is 5.73 Å². The summed E-state index contributed by atoms with van der Waals surface area (Å²) in [5.74, 6) is -0.103. The summed E-state index contributed by atoms with van der Waals surface area (Å²) in [7, 11) is 0. The molecule has 0 aliphatic rings. The zero-order chi connectivity index (χ0) is 15.0. The Morgan fingerprint density at radius 3 is 2.70 bits per heavy atom. The number of hydrogen-bond acceptors (Lipinski definition) is 4. The van der Waals surface area contributed by atoms with Crippen LogP contribution in [-0.4, -0.2) is 30.9 Å². The fraction of sp³-hybridized carbons (Fsp3) is 0.500. The second-order valence-electron chi connectivity index (χ2n) is 4.81. The molecule has 1 aromatic rings. The molecule has 0 aliphatic heterocycles. The number of hydrogen-bond donors (Lipinski definition) is 2. The molecule has 20 heavy (non-hydrogen) atoms. The highest BCUT2D eigenvalue weighted by atomic mass is 19.1. The van der Waals surface area contributed by atoms with Crippen molar-refractivity contribution in [3.8, 4) is 0 Å². The first-order chi connectivity index (χ1) is 9.54. The molecule has 0 fully saturated rings. The van der Waals surface area contributed by atoms with Crippen LogP contribution in [0.3, 0.4) is 0 Å². The Kier molecular flexibility index (Phi) is 6.97. The van der Waals surface area contributed by atoms with Gasteiger partial charge in [0.25, 0.3) is 0 Å². The molecule has 6 heteroatoms. The van der Waals surface area contributed by atoms with Gasteiger partial charge in [0.1, 0.15) is 5.82 Å². The largest absolute Gasteiger partial charge is 0.409 e. The number of nitrogens with two attached hydrogens (primary N) is 1. The summed E-state index contributed by atoms with van der Waals surface area (Å²) < 4.78 is 24.0. The van der Waals surface area contributed by atoms with Gasteiger partial charge in [-0.05, 0) is 23.6 Å². The zero-order valence-corrected chi connectivity index (χ0v) is 11.8. The average Bonchev–Trinajstić information content (AvgIpc) is 2.42. The molecule has 1 aromatic carbocycles. The summed E-state index contributed by atoms with van der Waals surface area (Å²) in [6, 6.07) is 4.07. The number of ether oxygens (including phenoxy) is 2. The topological polar surface area (TPSA) is 77.1 Å². The molecule has 0 saturated carbocycles. The van der Waals surface area contributed by atoms with Crippen LogP contribution in [0.1, 0.15) is 25.0 Å². The van der Waals surface area contributed by atoms with Crippen LogP contribution in [0, 0.1) is 11.7 Å². The van der Waals surface area contributed by atoms with Gasteiger partial charge in [-0.2, -0.15) is 0 Å². The third kappa shape index (κ3) is 5.54. The molecule has 0 aliphatic carbocycles. The van der Waals surface area contributed by atoms with Crippen LogP contribution in [-0.2, 0) is 16.1 Å². The van der Waals surface area contributed by atoms with Gasteiger partial charge in [-0.25, -0.2) is 4.39 Å². The maximum atomic E-state index is 13.2. The van der Waals surface area contributed by atoms with Crippen molar-refractivity contribution in [1.82, 2.24) is 0 Å². The van der Waals surface area contributed by atoms with Gasteiger partial charge in [-0.15, -0.1) is 0 Å². The quantitative estimate of drug-likeness (QED) is 0.252. The maximum absolute atomic E-state index is 13.2. The van der Waals surface area contributed by atoms with Crippen LogP contribution in [0.15, 0.2) is 23.4 Å². The third-order valence-electron chi connectivity index (χ3n) is 2.54. The van der Waals surface area contributed by atoms with E-state index in [2.05, 4.69) is 19.0 Å². The predicted molar refractivity (Wildman–Crippen MR) is 74.2 cm³/mol. The van der Waals surface area contributed by atoms with Crippen LogP contribution in [0.5, 0.6) is 0 Å². The molecule has 0 amide bonds. The Labute approximate surface area is 118 Å². The van der Waals surface area contributed by atoms with Gasteiger partial charge >= 0.3 is 0 Å². The van der Waals surface area contributed by atoms with Gasteiger partial charge in [-0.1, -0.05) is 25.1 Å². The van der Waals surface area contributed by atoms with Gasteiger partial charge in [0.05, 0.1) is 19.8 Å². The lowest BCUT2D eigenvalue weighted by Gasteiger charge is -2.10. The molecule has 0 saturated heterocycles. The fourth-order valence-corrected chi connectivity index (χ4v) is 1.59. The highest BCUT2D eigenvalue weighted by Gasteiger charge is 2.08. The SMILES string of the molecule is CC(C)COCCOCc1ccc(F)cc1/C(N)=N/O. The van der Waals surface area contributed by atoms with Crippen molar-refractivity contribution in [2.24, 2.45) is 16.8 Å². The van der Waals surface area contributed by atoms with Crippen LogP contribution in [0.25, 0.3) is 0 Å². The lowest BCUT2D eigenvalue weighted by atomic mass is 10.1. The van der Waals surface area contributed by atoms with Crippen LogP contribution in [0.2, 0.25) is 0 Å². The minimum Gasteiger partial charge on any atom is -0.409 e. The van der Waals surface area contributed by atoms with E-state index in [1.165, 1.54) is 12.1 Å². The fourth-order valence-electron chi connectivity index (χ4n) is 1.59. The molecule has 0 aromatic heterocycles. The zero-order valence-electron chi connectivity index (χ0n) is 11.8. The Hall–Kier alpha value is -1.66. The Bertz CT molecular complexity index is 450. The molecular formula is C14H21FN2O3. The predicted octanol–water partition coefficient (Wildman–Crippen LogP) is 2.11. The van der Waals surface area contributed by atoms with E-state index in [1.54, 1.807) is 6.07 Å². The molecule has 3 N–H and O–H groups in total. The van der Waals surface area contributed by atoms with Crippen molar-refractivity contribution in [1.29, 1.82) is 0 Å². The molecule has 0 spiro atoms. The number of nitrogens with zero attached hydrogens (tertiary/aromatic N) is 1. The molecule has 0 bridgehead atoms. The molecule has 0 heterocycles. The first kappa shape index (κ1) is 16.4. The standard InChI is InChI=1S/C14H21FN2O3/c1-10(2)8-19-5-6-20-9-11-3-4-12(15)7-13(11)14(16)17-18/h3-4,7,10,18H,5-6,8-9H2,1-2H3,(H2,16,17). The van der Waals surface area contributed by atoms with Crippen molar-refractivity contribution in [2.45, 2.75) is 20.5 Å². The summed E-state index contributed by atoms with van der Waals surface area (Å²) >= 11 is 0. The van der Waals surface area contributed by atoms with E-state index < -0.39 is 5.82 Å². The van der Waals surface area contributed by atoms with Crippen molar-refractivity contribution in [3.05, 3.63) is 35.1 Å². The number of halogens is 1. The average molecular weight is 284 g/mol. The Morgan fingerprint density at radius 2 is 2.05 bits per heavy atom. The van der Waals surface area contributed by atoms with E-state index in [1.807, 2.05) is 0 Å². The molecule has 0 atom stereocenters. The van der Waals surface area contributed by atoms with Crippen molar-refractivity contribution < 1.29 is 19.1 Å². The lowest BCUT2D eigenvalue weighted by molar-refractivity contribution is 0.0314. The molecule has 112 valence electrons. The third-order valence-corrected chi connectivity index (χ3v) is 2.54. The van der Waals surface area contributed by atoms with Crippen LogP contribution in [0.4, 0.5) is 4.39 Å². The van der Waals surface area contributed by atoms with E-state index in [0.717, 1.165) is 0 Å². The van der Waals surface area contributed by atoms with Crippen molar-refractivity contribution in [2.75, 3.05) is 19.8 Å². The highest BCUT2D eigenvalue weighted by molar-refractivity contribution is 5.98. The second kappa shape index (κ2) is 8.50. The highest BCUT2D eigenvalue weighted by Crippen LogP contribution is 2.12. The monoisotopic (exact) mass is 284 g/mol. The molecule has 5 nitrogen and oxygen atoms in total. The minimum absolute atomic E-state index is 0.140. The van der Waals surface area contributed by atoms with Gasteiger partial charge in [-0.3, -0.25) is 0 Å². The van der Waals surface area contributed by atoms with Crippen molar-refractivity contribution >= 4 is 5.84 Å². The summed E-state index contributed by atoms with van der Waals surface area (Å²) in [5, 5.41) is 11.6. The maximum Gasteiger partial charge on any atom is 0.170 e. The van der Waals surface area contributed by atoms with Crippen molar-refractivity contribution in [3.63, 3.8) is 0 Å². The van der Waals surface area contributed by atoms with Crippen LogP contribution >= 0.6 is 0 Å². The van der Waals surface area contributed by atoms with Gasteiger partial charge in [0.15, 0.2) is 5.84 Å². The molecule has 1 rings (SSSR count). The second-order valence-corrected chi connectivity index (χ2v) is 4.81. The summed E-state index contributed by atoms with van der Waals surface area (Å²) in [4.78, 5) is 0. The van der Waals surface area contributed by atoms with Gasteiger partial charge in [0, 0.05) is 12.2 Å². The summed E-state index contributed by atoms with van der Waals surface area (Å²) in [5.41, 5.74) is 6.49. The van der Waals surface area contributed by atoms with E-state index in [0.29, 0.717) is 36.9 Å². The van der Waals surface area contributed by atoms with E-state index in [9.17, 15) is 4.39 Å². The Balaban J connectivity index is 2.47. The smallest absolute Gasteiger partial charge is 0.170 e. The number of oxime groups is 1. The van der Waals surface area contributed by atoms with Gasteiger partial charge < -0.3 is 20.4 Å².